The lowest BCUT2D eigenvalue weighted by molar-refractivity contribution is 0.193. The number of thioether (sulfide) groups is 1. The summed E-state index contributed by atoms with van der Waals surface area (Å²) in [6, 6.07) is 6.57. The lowest BCUT2D eigenvalue weighted by Gasteiger charge is -2.36. The van der Waals surface area contributed by atoms with Crippen molar-refractivity contribution < 1.29 is 4.79 Å². The Hall–Kier alpha value is -1.43. The largest absolute Gasteiger partial charge is 0.356 e. The van der Waals surface area contributed by atoms with Gasteiger partial charge in [-0.15, -0.1) is 0 Å². The predicted molar refractivity (Wildman–Crippen MR) is 101 cm³/mol. The number of hydrogen-bond acceptors (Lipinski definition) is 4. The van der Waals surface area contributed by atoms with Gasteiger partial charge < -0.3 is 15.1 Å². The maximum absolute atomic E-state index is 12.5. The molecule has 1 N–H and O–H groups in total. The average molecular weight is 349 g/mol. The normalized spacial score (nSPS) is 22.5. The van der Waals surface area contributed by atoms with Crippen molar-refractivity contribution in [2.75, 3.05) is 36.8 Å². The van der Waals surface area contributed by atoms with Crippen molar-refractivity contribution in [1.82, 2.24) is 15.2 Å². The summed E-state index contributed by atoms with van der Waals surface area (Å²) in [4.78, 5) is 21.4. The van der Waals surface area contributed by atoms with E-state index in [2.05, 4.69) is 34.3 Å². The summed E-state index contributed by atoms with van der Waals surface area (Å²) in [6.45, 7) is 7.90. The molecule has 1 aromatic heterocycles. The minimum atomic E-state index is 0.126. The van der Waals surface area contributed by atoms with E-state index in [1.807, 2.05) is 29.7 Å². The van der Waals surface area contributed by atoms with E-state index in [0.29, 0.717) is 5.25 Å². The maximum atomic E-state index is 12.5. The molecule has 1 atom stereocenters. The molecule has 0 spiro atoms. The fourth-order valence-corrected chi connectivity index (χ4v) is 4.55. The van der Waals surface area contributed by atoms with E-state index in [1.165, 1.54) is 0 Å². The quantitative estimate of drug-likeness (QED) is 0.912. The number of amides is 2. The van der Waals surface area contributed by atoms with Gasteiger partial charge in [-0.1, -0.05) is 13.0 Å². The number of rotatable bonds is 3. The predicted octanol–water partition coefficient (Wildman–Crippen LogP) is 2.90. The molecular weight excluding hydrogens is 320 g/mol. The number of hydrogen-bond donors (Lipinski definition) is 1. The second-order valence-electron chi connectivity index (χ2n) is 6.70. The summed E-state index contributed by atoms with van der Waals surface area (Å²) >= 11 is 1.99. The van der Waals surface area contributed by atoms with Crippen LogP contribution in [0.4, 0.5) is 10.6 Å². The number of carbonyl (C=O) groups excluding carboxylic acids is 1. The SMILES string of the molecule is CC[C@@H]1CN(C(=O)NC2CCN(c3cccc(C)n3)CC2)CCS1. The minimum absolute atomic E-state index is 0.126. The van der Waals surface area contributed by atoms with Crippen LogP contribution >= 0.6 is 11.8 Å². The van der Waals surface area contributed by atoms with Gasteiger partial charge in [0, 0.05) is 48.9 Å². The Kier molecular flexibility index (Phi) is 5.87. The third-order valence-electron chi connectivity index (χ3n) is 4.90. The number of carbonyl (C=O) groups is 1. The van der Waals surface area contributed by atoms with E-state index in [0.717, 1.165) is 62.7 Å². The van der Waals surface area contributed by atoms with E-state index in [1.54, 1.807) is 0 Å². The van der Waals surface area contributed by atoms with Crippen LogP contribution < -0.4 is 10.2 Å². The van der Waals surface area contributed by atoms with E-state index in [4.69, 9.17) is 0 Å². The minimum Gasteiger partial charge on any atom is -0.356 e. The van der Waals surface area contributed by atoms with E-state index in [9.17, 15) is 4.79 Å². The fraction of sp³-hybridized carbons (Fsp3) is 0.667. The highest BCUT2D eigenvalue weighted by molar-refractivity contribution is 8.00. The zero-order valence-corrected chi connectivity index (χ0v) is 15.5. The highest BCUT2D eigenvalue weighted by atomic mass is 32.2. The molecule has 1 aromatic rings. The molecule has 0 radical (unpaired) electrons. The third-order valence-corrected chi connectivity index (χ3v) is 6.27. The van der Waals surface area contributed by atoms with Gasteiger partial charge in [0.05, 0.1) is 0 Å². The molecule has 0 unspecified atom stereocenters. The van der Waals surface area contributed by atoms with Gasteiger partial charge in [0.15, 0.2) is 0 Å². The first kappa shape index (κ1) is 17.4. The molecule has 5 nitrogen and oxygen atoms in total. The van der Waals surface area contributed by atoms with Crippen LogP contribution in [0.3, 0.4) is 0 Å². The number of piperidine rings is 1. The van der Waals surface area contributed by atoms with Gasteiger partial charge in [-0.25, -0.2) is 9.78 Å². The van der Waals surface area contributed by atoms with Crippen molar-refractivity contribution in [1.29, 1.82) is 0 Å². The number of urea groups is 1. The van der Waals surface area contributed by atoms with Gasteiger partial charge in [0.2, 0.25) is 0 Å². The molecule has 0 bridgehead atoms. The van der Waals surface area contributed by atoms with Gasteiger partial charge in [-0.05, 0) is 38.3 Å². The molecule has 3 heterocycles. The van der Waals surface area contributed by atoms with Crippen molar-refractivity contribution in [3.05, 3.63) is 23.9 Å². The number of aryl methyl sites for hydroxylation is 1. The Labute approximate surface area is 149 Å². The first-order chi connectivity index (χ1) is 11.7. The number of nitrogens with one attached hydrogen (secondary N) is 1. The summed E-state index contributed by atoms with van der Waals surface area (Å²) in [6.07, 6.45) is 3.11. The molecule has 2 amide bonds. The number of nitrogens with zero attached hydrogens (tertiary/aromatic N) is 3. The van der Waals surface area contributed by atoms with Crippen molar-refractivity contribution in [2.45, 2.75) is 44.4 Å². The Bertz CT molecular complexity index is 560. The summed E-state index contributed by atoms with van der Waals surface area (Å²) in [5.41, 5.74) is 1.05. The summed E-state index contributed by atoms with van der Waals surface area (Å²) < 4.78 is 0. The van der Waals surface area contributed by atoms with Gasteiger partial charge in [0.1, 0.15) is 5.82 Å². The molecule has 2 aliphatic rings. The van der Waals surface area contributed by atoms with E-state index < -0.39 is 0 Å². The van der Waals surface area contributed by atoms with Gasteiger partial charge >= 0.3 is 6.03 Å². The lowest BCUT2D eigenvalue weighted by atomic mass is 10.1. The van der Waals surface area contributed by atoms with Crippen LogP contribution in [0.2, 0.25) is 0 Å². The molecule has 2 fully saturated rings. The lowest BCUT2D eigenvalue weighted by Crippen LogP contribution is -2.52. The topological polar surface area (TPSA) is 48.5 Å². The Balaban J connectivity index is 1.47. The maximum Gasteiger partial charge on any atom is 0.317 e. The summed E-state index contributed by atoms with van der Waals surface area (Å²) in [5.74, 6) is 2.11. The van der Waals surface area contributed by atoms with Crippen LogP contribution in [-0.4, -0.2) is 59.1 Å². The monoisotopic (exact) mass is 348 g/mol. The Morgan fingerprint density at radius 2 is 2.12 bits per heavy atom. The van der Waals surface area contributed by atoms with Gasteiger partial charge in [-0.2, -0.15) is 11.8 Å². The van der Waals surface area contributed by atoms with Crippen LogP contribution in [0.1, 0.15) is 31.9 Å². The second kappa shape index (κ2) is 8.10. The summed E-state index contributed by atoms with van der Waals surface area (Å²) in [7, 11) is 0. The van der Waals surface area contributed by atoms with Crippen molar-refractivity contribution in [3.8, 4) is 0 Å². The second-order valence-corrected chi connectivity index (χ2v) is 8.10. The first-order valence-electron chi connectivity index (χ1n) is 9.01. The number of pyridine rings is 1. The van der Waals surface area contributed by atoms with Crippen molar-refractivity contribution in [3.63, 3.8) is 0 Å². The van der Waals surface area contributed by atoms with Crippen molar-refractivity contribution >= 4 is 23.6 Å². The van der Waals surface area contributed by atoms with Crippen LogP contribution in [0.15, 0.2) is 18.2 Å². The highest BCUT2D eigenvalue weighted by Crippen LogP contribution is 2.22. The van der Waals surface area contributed by atoms with Gasteiger partial charge in [0.25, 0.3) is 0 Å². The molecule has 0 saturated carbocycles. The summed E-state index contributed by atoms with van der Waals surface area (Å²) in [5, 5.41) is 3.84. The van der Waals surface area contributed by atoms with E-state index >= 15 is 0 Å². The molecular formula is C18H28N4OS. The zero-order valence-electron chi connectivity index (χ0n) is 14.7. The highest BCUT2D eigenvalue weighted by Gasteiger charge is 2.26. The number of aromatic nitrogens is 1. The molecule has 0 aliphatic carbocycles. The number of anilines is 1. The van der Waals surface area contributed by atoms with Crippen LogP contribution in [0, 0.1) is 6.92 Å². The zero-order chi connectivity index (χ0) is 16.9. The molecule has 2 saturated heterocycles. The molecule has 132 valence electrons. The van der Waals surface area contributed by atoms with Crippen LogP contribution in [-0.2, 0) is 0 Å². The van der Waals surface area contributed by atoms with Crippen molar-refractivity contribution in [2.24, 2.45) is 0 Å². The fourth-order valence-electron chi connectivity index (χ4n) is 3.37. The Morgan fingerprint density at radius 3 is 2.83 bits per heavy atom. The third kappa shape index (κ3) is 4.35. The molecule has 0 aromatic carbocycles. The Morgan fingerprint density at radius 1 is 1.33 bits per heavy atom. The van der Waals surface area contributed by atoms with Crippen LogP contribution in [0.25, 0.3) is 0 Å². The molecule has 3 rings (SSSR count). The molecule has 24 heavy (non-hydrogen) atoms. The first-order valence-corrected chi connectivity index (χ1v) is 10.1. The average Bonchev–Trinajstić information content (AvgIpc) is 2.62. The van der Waals surface area contributed by atoms with Gasteiger partial charge in [-0.3, -0.25) is 0 Å². The molecule has 6 heteroatoms. The standard InChI is InChI=1S/C18H28N4OS/c1-3-16-13-22(11-12-24-16)18(23)20-15-7-9-21(10-8-15)17-6-4-5-14(2)19-17/h4-6,15-16H,3,7-13H2,1-2H3,(H,20,23)/t16-/m1/s1. The van der Waals surface area contributed by atoms with E-state index in [-0.39, 0.29) is 12.1 Å². The molecule has 2 aliphatic heterocycles. The van der Waals surface area contributed by atoms with Crippen LogP contribution in [0.5, 0.6) is 0 Å². The smallest absolute Gasteiger partial charge is 0.317 e.